The molecule has 0 saturated carbocycles. The van der Waals surface area contributed by atoms with E-state index in [0.29, 0.717) is 16.0 Å². The van der Waals surface area contributed by atoms with Crippen molar-refractivity contribution in [3.8, 4) is 0 Å². The van der Waals surface area contributed by atoms with Crippen LogP contribution in [0.5, 0.6) is 0 Å². The van der Waals surface area contributed by atoms with Crippen LogP contribution in [0.2, 0.25) is 0 Å². The summed E-state index contributed by atoms with van der Waals surface area (Å²) in [6, 6.07) is 7.03. The fourth-order valence-corrected chi connectivity index (χ4v) is 2.27. The van der Waals surface area contributed by atoms with E-state index in [9.17, 15) is 9.59 Å². The van der Waals surface area contributed by atoms with Gasteiger partial charge in [-0.2, -0.15) is 5.10 Å². The number of fused-ring (bicyclic) bond motifs is 1. The lowest BCUT2D eigenvalue weighted by Gasteiger charge is -2.08. The lowest BCUT2D eigenvalue weighted by atomic mass is 10.2. The molecular formula is C12H9N5O2S. The van der Waals surface area contributed by atoms with Crippen LogP contribution in [0.3, 0.4) is 0 Å². The van der Waals surface area contributed by atoms with Gasteiger partial charge in [0.15, 0.2) is 0 Å². The van der Waals surface area contributed by atoms with E-state index in [4.69, 9.17) is 0 Å². The standard InChI is InChI=1S/C12H9N5O2S/c18-10-5-14-17(9-4-2-1-3-8(9)10)6-11(19)15-12-16-13-7-20-12/h1-5,7H,6H2,(H,15,16,19). The molecular weight excluding hydrogens is 278 g/mol. The Morgan fingerprint density at radius 1 is 1.35 bits per heavy atom. The van der Waals surface area contributed by atoms with Gasteiger partial charge in [0.05, 0.1) is 11.7 Å². The number of aromatic nitrogens is 4. The maximum atomic E-state index is 11.9. The molecule has 100 valence electrons. The monoisotopic (exact) mass is 287 g/mol. The number of hydrogen-bond donors (Lipinski definition) is 1. The average Bonchev–Trinajstić information content (AvgIpc) is 2.95. The van der Waals surface area contributed by atoms with Crippen molar-refractivity contribution in [2.75, 3.05) is 5.32 Å². The van der Waals surface area contributed by atoms with Crippen molar-refractivity contribution in [2.24, 2.45) is 0 Å². The van der Waals surface area contributed by atoms with Crippen LogP contribution in [0.1, 0.15) is 0 Å². The number of nitrogens with zero attached hydrogens (tertiary/aromatic N) is 4. The molecule has 3 rings (SSSR count). The summed E-state index contributed by atoms with van der Waals surface area (Å²) in [5, 5.41) is 14.9. The van der Waals surface area contributed by atoms with Crippen molar-refractivity contribution >= 4 is 33.3 Å². The van der Waals surface area contributed by atoms with Crippen LogP contribution >= 0.6 is 11.3 Å². The van der Waals surface area contributed by atoms with Crippen molar-refractivity contribution in [1.29, 1.82) is 0 Å². The molecule has 1 aromatic carbocycles. The number of benzene rings is 1. The molecule has 0 radical (unpaired) electrons. The highest BCUT2D eigenvalue weighted by Crippen LogP contribution is 2.10. The Morgan fingerprint density at radius 3 is 3.00 bits per heavy atom. The van der Waals surface area contributed by atoms with Gasteiger partial charge in [0.2, 0.25) is 16.5 Å². The van der Waals surface area contributed by atoms with E-state index in [1.807, 2.05) is 0 Å². The second-order valence-electron chi connectivity index (χ2n) is 3.98. The second-order valence-corrected chi connectivity index (χ2v) is 4.81. The molecule has 1 N–H and O–H groups in total. The summed E-state index contributed by atoms with van der Waals surface area (Å²) < 4.78 is 1.48. The number of hydrogen-bond acceptors (Lipinski definition) is 6. The van der Waals surface area contributed by atoms with Gasteiger partial charge in [-0.1, -0.05) is 23.5 Å². The van der Waals surface area contributed by atoms with Crippen molar-refractivity contribution < 1.29 is 4.79 Å². The Kier molecular flexibility index (Phi) is 3.21. The fourth-order valence-electron chi connectivity index (χ4n) is 1.81. The van der Waals surface area contributed by atoms with E-state index in [1.165, 1.54) is 27.7 Å². The first kappa shape index (κ1) is 12.4. The van der Waals surface area contributed by atoms with Crippen molar-refractivity contribution in [1.82, 2.24) is 20.0 Å². The first-order chi connectivity index (χ1) is 9.74. The van der Waals surface area contributed by atoms with Gasteiger partial charge < -0.3 is 0 Å². The normalized spacial score (nSPS) is 10.6. The summed E-state index contributed by atoms with van der Waals surface area (Å²) in [6.45, 7) is 0.000370. The van der Waals surface area contributed by atoms with Crippen LogP contribution in [0, 0.1) is 0 Å². The Morgan fingerprint density at radius 2 is 2.20 bits per heavy atom. The number of amides is 1. The van der Waals surface area contributed by atoms with Crippen LogP contribution in [0.4, 0.5) is 5.13 Å². The molecule has 0 saturated heterocycles. The quantitative estimate of drug-likeness (QED) is 0.772. The molecule has 0 bridgehead atoms. The minimum atomic E-state index is -0.275. The SMILES string of the molecule is O=C(Cn1ncc(=O)c2ccccc21)Nc1nncs1. The molecule has 0 atom stereocenters. The zero-order valence-corrected chi connectivity index (χ0v) is 11.0. The van der Waals surface area contributed by atoms with E-state index >= 15 is 0 Å². The number of carbonyl (C=O) groups excluding carboxylic acids is 1. The molecule has 20 heavy (non-hydrogen) atoms. The van der Waals surface area contributed by atoms with E-state index in [-0.39, 0.29) is 17.9 Å². The van der Waals surface area contributed by atoms with Crippen LogP contribution in [0.25, 0.3) is 10.9 Å². The van der Waals surface area contributed by atoms with Gasteiger partial charge >= 0.3 is 0 Å². The molecule has 2 heterocycles. The highest BCUT2D eigenvalue weighted by atomic mass is 32.1. The lowest BCUT2D eigenvalue weighted by molar-refractivity contribution is -0.116. The van der Waals surface area contributed by atoms with Gasteiger partial charge in [-0.15, -0.1) is 10.2 Å². The smallest absolute Gasteiger partial charge is 0.247 e. The van der Waals surface area contributed by atoms with Gasteiger partial charge in [-0.25, -0.2) is 0 Å². The fraction of sp³-hybridized carbons (Fsp3) is 0.0833. The summed E-state index contributed by atoms with van der Waals surface area (Å²) in [6.07, 6.45) is 1.21. The van der Waals surface area contributed by atoms with E-state index in [1.54, 1.807) is 24.3 Å². The molecule has 0 aliphatic heterocycles. The summed E-state index contributed by atoms with van der Waals surface area (Å²) in [7, 11) is 0. The predicted molar refractivity (Wildman–Crippen MR) is 74.5 cm³/mol. The van der Waals surface area contributed by atoms with Gasteiger partial charge in [0.1, 0.15) is 12.1 Å². The van der Waals surface area contributed by atoms with Gasteiger partial charge in [0, 0.05) is 5.39 Å². The first-order valence-corrected chi connectivity index (χ1v) is 6.63. The van der Waals surface area contributed by atoms with E-state index in [0.717, 1.165) is 0 Å². The van der Waals surface area contributed by atoms with Gasteiger partial charge in [0.25, 0.3) is 0 Å². The third-order valence-corrected chi connectivity index (χ3v) is 3.27. The van der Waals surface area contributed by atoms with Crippen LogP contribution in [-0.4, -0.2) is 25.9 Å². The molecule has 2 aromatic heterocycles. The maximum Gasteiger partial charge on any atom is 0.247 e. The third kappa shape index (κ3) is 2.41. The third-order valence-electron chi connectivity index (χ3n) is 2.66. The predicted octanol–water partition coefficient (Wildman–Crippen LogP) is 0.887. The number of rotatable bonds is 3. The summed E-state index contributed by atoms with van der Waals surface area (Å²) in [4.78, 5) is 23.6. The van der Waals surface area contributed by atoms with Crippen LogP contribution < -0.4 is 10.7 Å². The minimum Gasteiger partial charge on any atom is -0.299 e. The van der Waals surface area contributed by atoms with Crippen molar-refractivity contribution in [3.05, 3.63) is 46.2 Å². The van der Waals surface area contributed by atoms with E-state index < -0.39 is 0 Å². The highest BCUT2D eigenvalue weighted by Gasteiger charge is 2.09. The zero-order valence-electron chi connectivity index (χ0n) is 10.2. The Labute approximate surface area is 116 Å². The largest absolute Gasteiger partial charge is 0.299 e. The summed E-state index contributed by atoms with van der Waals surface area (Å²) in [5.74, 6) is -0.275. The number of para-hydroxylation sites is 1. The Hall–Kier alpha value is -2.61. The van der Waals surface area contributed by atoms with Crippen LogP contribution in [0.15, 0.2) is 40.8 Å². The first-order valence-electron chi connectivity index (χ1n) is 5.75. The Balaban J connectivity index is 1.89. The summed E-state index contributed by atoms with van der Waals surface area (Å²) in [5.41, 5.74) is 1.98. The van der Waals surface area contributed by atoms with Crippen LogP contribution in [-0.2, 0) is 11.3 Å². The molecule has 0 unspecified atom stereocenters. The van der Waals surface area contributed by atoms with Gasteiger partial charge in [-0.3, -0.25) is 19.6 Å². The molecule has 0 fully saturated rings. The number of anilines is 1. The highest BCUT2D eigenvalue weighted by molar-refractivity contribution is 7.13. The van der Waals surface area contributed by atoms with Crippen molar-refractivity contribution in [2.45, 2.75) is 6.54 Å². The molecule has 0 spiro atoms. The topological polar surface area (TPSA) is 89.8 Å². The zero-order chi connectivity index (χ0) is 13.9. The molecule has 1 amide bonds. The molecule has 7 nitrogen and oxygen atoms in total. The minimum absolute atomic E-state index is 0.000370. The Bertz CT molecular complexity index is 812. The lowest BCUT2D eigenvalue weighted by Crippen LogP contribution is -2.22. The number of carbonyl (C=O) groups is 1. The number of nitrogens with one attached hydrogen (secondary N) is 1. The molecule has 0 aliphatic carbocycles. The second kappa shape index (κ2) is 5.17. The van der Waals surface area contributed by atoms with E-state index in [2.05, 4.69) is 20.6 Å². The average molecular weight is 287 g/mol. The molecule has 8 heteroatoms. The molecule has 3 aromatic rings. The van der Waals surface area contributed by atoms with Crippen molar-refractivity contribution in [3.63, 3.8) is 0 Å². The maximum absolute atomic E-state index is 11.9. The summed E-state index contributed by atoms with van der Waals surface area (Å²) >= 11 is 1.23. The molecule has 0 aliphatic rings. The van der Waals surface area contributed by atoms with Gasteiger partial charge in [-0.05, 0) is 12.1 Å².